The molecule has 3 heterocycles. The van der Waals surface area contributed by atoms with Crippen LogP contribution in [0.2, 0.25) is 0 Å². The number of nitrogens with zero attached hydrogens (tertiary/aromatic N) is 5. The van der Waals surface area contributed by atoms with E-state index in [1.165, 1.54) is 5.56 Å². The van der Waals surface area contributed by atoms with Crippen LogP contribution in [0.1, 0.15) is 27.2 Å². The zero-order valence-electron chi connectivity index (χ0n) is 20.2. The molecule has 0 bridgehead atoms. The van der Waals surface area contributed by atoms with Gasteiger partial charge in [0.15, 0.2) is 5.13 Å². The molecule has 0 spiro atoms. The molecule has 1 amide bonds. The summed E-state index contributed by atoms with van der Waals surface area (Å²) in [5.41, 5.74) is 5.69. The Bertz CT molecular complexity index is 1310. The Kier molecular flexibility index (Phi) is 7.86. The number of carbonyl (C=O) groups is 1. The second-order valence-corrected chi connectivity index (χ2v) is 9.66. The first-order valence-corrected chi connectivity index (χ1v) is 12.4. The van der Waals surface area contributed by atoms with Crippen molar-refractivity contribution in [1.82, 2.24) is 19.7 Å². The van der Waals surface area contributed by atoms with E-state index in [1.54, 1.807) is 17.5 Å². The Morgan fingerprint density at radius 1 is 1.09 bits per heavy atom. The van der Waals surface area contributed by atoms with Crippen LogP contribution in [0.15, 0.2) is 48.7 Å². The Labute approximate surface area is 215 Å². The Hall–Kier alpha value is -2.78. The smallest absolute Gasteiger partial charge is 0.263 e. The van der Waals surface area contributed by atoms with E-state index in [1.807, 2.05) is 46.8 Å². The number of anilines is 1. The second kappa shape index (κ2) is 10.9. The number of rotatable bonds is 6. The number of hydrogen-bond donors (Lipinski definition) is 0. The number of ether oxygens (including phenoxy) is 1. The summed E-state index contributed by atoms with van der Waals surface area (Å²) in [7, 11) is 0. The van der Waals surface area contributed by atoms with Gasteiger partial charge in [-0.15, -0.1) is 12.4 Å². The minimum absolute atomic E-state index is 0. The van der Waals surface area contributed by atoms with Crippen molar-refractivity contribution in [2.75, 3.05) is 44.3 Å². The summed E-state index contributed by atoms with van der Waals surface area (Å²) in [5.74, 6) is -0.0682. The average Bonchev–Trinajstić information content (AvgIpc) is 3.47. The lowest BCUT2D eigenvalue weighted by Crippen LogP contribution is -2.43. The van der Waals surface area contributed by atoms with Crippen molar-refractivity contribution in [3.05, 3.63) is 71.0 Å². The van der Waals surface area contributed by atoms with E-state index >= 15 is 0 Å². The molecule has 2 aromatic carbocycles. The molecule has 0 N–H and O–H groups in total. The third-order valence-electron chi connectivity index (χ3n) is 6.53. The quantitative estimate of drug-likeness (QED) is 0.372. The summed E-state index contributed by atoms with van der Waals surface area (Å²) in [5, 5.41) is 5.26. The molecule has 0 unspecified atom stereocenters. The standard InChI is InChI=1S/C26H29N5O2S.ClH/c1-18-9-10-23-24(19(18)2)28-26(34-23)30(12-11-29-13-15-33-16-14-29)25(32)22-17-27-31(20(22)3)21-7-5-4-6-8-21;/h4-10,17H,11-16H2,1-3H3;1H. The zero-order chi connectivity index (χ0) is 23.7. The second-order valence-electron chi connectivity index (χ2n) is 8.65. The van der Waals surface area contributed by atoms with Crippen LogP contribution in [0.25, 0.3) is 15.9 Å². The van der Waals surface area contributed by atoms with Gasteiger partial charge in [0.1, 0.15) is 0 Å². The Morgan fingerprint density at radius 3 is 2.57 bits per heavy atom. The van der Waals surface area contributed by atoms with Crippen molar-refractivity contribution in [1.29, 1.82) is 0 Å². The van der Waals surface area contributed by atoms with Gasteiger partial charge in [0.25, 0.3) is 5.91 Å². The van der Waals surface area contributed by atoms with Crippen molar-refractivity contribution in [3.8, 4) is 5.69 Å². The fourth-order valence-electron chi connectivity index (χ4n) is 4.27. The SMILES string of the molecule is Cc1ccc2sc(N(CCN3CCOCC3)C(=O)c3cnn(-c4ccccc4)c3C)nc2c1C.Cl. The predicted octanol–water partition coefficient (Wildman–Crippen LogP) is 4.81. The molecule has 5 rings (SSSR count). The maximum absolute atomic E-state index is 13.9. The van der Waals surface area contributed by atoms with Gasteiger partial charge >= 0.3 is 0 Å². The van der Waals surface area contributed by atoms with Crippen LogP contribution < -0.4 is 4.90 Å². The summed E-state index contributed by atoms with van der Waals surface area (Å²) in [6.45, 7) is 10.7. The van der Waals surface area contributed by atoms with Crippen LogP contribution in [0.3, 0.4) is 0 Å². The first-order valence-electron chi connectivity index (χ1n) is 11.6. The number of amides is 1. The van der Waals surface area contributed by atoms with Gasteiger partial charge in [-0.3, -0.25) is 14.6 Å². The van der Waals surface area contributed by atoms with E-state index in [9.17, 15) is 4.79 Å². The maximum atomic E-state index is 13.9. The lowest BCUT2D eigenvalue weighted by molar-refractivity contribution is 0.0391. The number of halogens is 1. The van der Waals surface area contributed by atoms with Crippen molar-refractivity contribution >= 4 is 45.0 Å². The van der Waals surface area contributed by atoms with Crippen LogP contribution in [0.5, 0.6) is 0 Å². The molecule has 0 aliphatic carbocycles. The van der Waals surface area contributed by atoms with Crippen molar-refractivity contribution in [3.63, 3.8) is 0 Å². The van der Waals surface area contributed by atoms with Gasteiger partial charge in [-0.2, -0.15) is 5.10 Å². The number of benzene rings is 2. The van der Waals surface area contributed by atoms with Gasteiger partial charge in [0, 0.05) is 26.2 Å². The summed E-state index contributed by atoms with van der Waals surface area (Å²) in [6.07, 6.45) is 1.68. The molecule has 4 aromatic rings. The number of thiazole rings is 1. The molecular weight excluding hydrogens is 482 g/mol. The van der Waals surface area contributed by atoms with Crippen molar-refractivity contribution < 1.29 is 9.53 Å². The Morgan fingerprint density at radius 2 is 1.83 bits per heavy atom. The number of carbonyl (C=O) groups excluding carboxylic acids is 1. The minimum Gasteiger partial charge on any atom is -0.379 e. The van der Waals surface area contributed by atoms with E-state index < -0.39 is 0 Å². The lowest BCUT2D eigenvalue weighted by Gasteiger charge is -2.29. The highest BCUT2D eigenvalue weighted by Gasteiger charge is 2.26. The molecule has 7 nitrogen and oxygen atoms in total. The lowest BCUT2D eigenvalue weighted by atomic mass is 10.1. The first kappa shape index (κ1) is 25.3. The number of morpholine rings is 1. The van der Waals surface area contributed by atoms with Crippen LogP contribution in [-0.2, 0) is 4.74 Å². The van der Waals surface area contributed by atoms with Gasteiger partial charge in [-0.05, 0) is 50.1 Å². The summed E-state index contributed by atoms with van der Waals surface area (Å²) < 4.78 is 8.40. The van der Waals surface area contributed by atoms with E-state index in [2.05, 4.69) is 36.0 Å². The molecule has 9 heteroatoms. The van der Waals surface area contributed by atoms with E-state index in [0.717, 1.165) is 65.1 Å². The van der Waals surface area contributed by atoms with Crippen molar-refractivity contribution in [2.45, 2.75) is 20.8 Å². The largest absolute Gasteiger partial charge is 0.379 e. The van der Waals surface area contributed by atoms with Crippen LogP contribution in [0, 0.1) is 20.8 Å². The molecule has 35 heavy (non-hydrogen) atoms. The highest BCUT2D eigenvalue weighted by molar-refractivity contribution is 7.22. The highest BCUT2D eigenvalue weighted by atomic mass is 35.5. The molecule has 2 aromatic heterocycles. The molecule has 1 fully saturated rings. The van der Waals surface area contributed by atoms with Gasteiger partial charge in [0.2, 0.25) is 0 Å². The predicted molar refractivity (Wildman–Crippen MR) is 144 cm³/mol. The van der Waals surface area contributed by atoms with Gasteiger partial charge < -0.3 is 4.74 Å². The fraction of sp³-hybridized carbons (Fsp3) is 0.346. The van der Waals surface area contributed by atoms with E-state index in [4.69, 9.17) is 9.72 Å². The van der Waals surface area contributed by atoms with E-state index in [0.29, 0.717) is 12.1 Å². The monoisotopic (exact) mass is 511 g/mol. The molecule has 0 saturated carbocycles. The number of para-hydroxylation sites is 1. The van der Waals surface area contributed by atoms with Gasteiger partial charge in [0.05, 0.1) is 46.6 Å². The number of hydrogen-bond acceptors (Lipinski definition) is 6. The summed E-state index contributed by atoms with van der Waals surface area (Å²) >= 11 is 1.57. The summed E-state index contributed by atoms with van der Waals surface area (Å²) in [4.78, 5) is 23.0. The molecule has 1 aliphatic heterocycles. The molecule has 184 valence electrons. The minimum atomic E-state index is -0.0682. The molecule has 0 atom stereocenters. The third-order valence-corrected chi connectivity index (χ3v) is 7.58. The number of aryl methyl sites for hydroxylation is 2. The van der Waals surface area contributed by atoms with Crippen LogP contribution >= 0.6 is 23.7 Å². The molecule has 1 aliphatic rings. The van der Waals surface area contributed by atoms with Gasteiger partial charge in [-0.1, -0.05) is 35.6 Å². The number of fused-ring (bicyclic) bond motifs is 1. The normalized spacial score (nSPS) is 14.1. The molecular formula is C26H30ClN5O2S. The van der Waals surface area contributed by atoms with Crippen LogP contribution in [0.4, 0.5) is 5.13 Å². The average molecular weight is 512 g/mol. The van der Waals surface area contributed by atoms with Crippen LogP contribution in [-0.4, -0.2) is 65.0 Å². The molecule has 0 radical (unpaired) electrons. The topological polar surface area (TPSA) is 63.5 Å². The number of aromatic nitrogens is 3. The maximum Gasteiger partial charge on any atom is 0.263 e. The van der Waals surface area contributed by atoms with Gasteiger partial charge in [-0.25, -0.2) is 9.67 Å². The third kappa shape index (κ3) is 5.11. The zero-order valence-corrected chi connectivity index (χ0v) is 21.9. The van der Waals surface area contributed by atoms with Crippen molar-refractivity contribution in [2.24, 2.45) is 0 Å². The van der Waals surface area contributed by atoms with E-state index in [-0.39, 0.29) is 18.3 Å². The highest BCUT2D eigenvalue weighted by Crippen LogP contribution is 2.33. The fourth-order valence-corrected chi connectivity index (χ4v) is 5.32. The summed E-state index contributed by atoms with van der Waals surface area (Å²) in [6, 6.07) is 14.1. The Balaban J connectivity index is 0.00000289. The molecule has 1 saturated heterocycles. The first-order chi connectivity index (χ1) is 16.5.